The van der Waals surface area contributed by atoms with Gasteiger partial charge in [0.15, 0.2) is 0 Å². The quantitative estimate of drug-likeness (QED) is 0.840. The number of hydrogen-bond acceptors (Lipinski definition) is 3. The minimum atomic E-state index is -3.06. The van der Waals surface area contributed by atoms with E-state index in [9.17, 15) is 8.42 Å². The first-order valence-electron chi connectivity index (χ1n) is 4.77. The van der Waals surface area contributed by atoms with Crippen molar-refractivity contribution in [2.24, 2.45) is 0 Å². The molecule has 0 spiro atoms. The zero-order chi connectivity index (χ0) is 11.5. The second-order valence-electron chi connectivity index (χ2n) is 3.89. The van der Waals surface area contributed by atoms with Gasteiger partial charge >= 0.3 is 0 Å². The van der Waals surface area contributed by atoms with Gasteiger partial charge in [-0.3, -0.25) is 0 Å². The molecule has 1 unspecified atom stereocenters. The fourth-order valence-electron chi connectivity index (χ4n) is 1.54. The van der Waals surface area contributed by atoms with Crippen molar-refractivity contribution in [1.82, 2.24) is 0 Å². The summed E-state index contributed by atoms with van der Waals surface area (Å²) in [5.41, 5.74) is 1.95. The van der Waals surface area contributed by atoms with Gasteiger partial charge in [0, 0.05) is 12.2 Å². The van der Waals surface area contributed by atoms with Crippen molar-refractivity contribution in [3.8, 4) is 0 Å². The summed E-state index contributed by atoms with van der Waals surface area (Å²) in [5.74, 6) is -0.327. The maximum Gasteiger partial charge on any atom is 0.148 e. The molecule has 0 heterocycles. The molecule has 3 nitrogen and oxygen atoms in total. The van der Waals surface area contributed by atoms with Gasteiger partial charge in [0.25, 0.3) is 0 Å². The highest BCUT2D eigenvalue weighted by Gasteiger charge is 2.16. The number of aliphatic hydroxyl groups excluding tert-OH is 1. The van der Waals surface area contributed by atoms with E-state index in [2.05, 4.69) is 0 Å². The number of aliphatic hydroxyl groups is 1. The lowest BCUT2D eigenvalue weighted by atomic mass is 10.0. The third-order valence-corrected chi connectivity index (χ3v) is 3.25. The molecule has 0 aliphatic carbocycles. The van der Waals surface area contributed by atoms with Crippen molar-refractivity contribution >= 4 is 9.84 Å². The van der Waals surface area contributed by atoms with E-state index >= 15 is 0 Å². The van der Waals surface area contributed by atoms with Gasteiger partial charge in [-0.15, -0.1) is 0 Å². The van der Waals surface area contributed by atoms with Gasteiger partial charge in [-0.2, -0.15) is 0 Å². The zero-order valence-electron chi connectivity index (χ0n) is 8.97. The first-order chi connectivity index (χ1) is 6.92. The van der Waals surface area contributed by atoms with Gasteiger partial charge in [-0.25, -0.2) is 8.42 Å². The van der Waals surface area contributed by atoms with Gasteiger partial charge < -0.3 is 5.11 Å². The molecule has 1 aromatic carbocycles. The maximum absolute atomic E-state index is 11.1. The molecule has 1 atom stereocenters. The van der Waals surface area contributed by atoms with Crippen molar-refractivity contribution in [2.45, 2.75) is 12.8 Å². The Labute approximate surface area is 90.7 Å². The van der Waals surface area contributed by atoms with Crippen molar-refractivity contribution < 1.29 is 13.5 Å². The number of hydrogen-bond donors (Lipinski definition) is 1. The van der Waals surface area contributed by atoms with Crippen LogP contribution >= 0.6 is 0 Å². The standard InChI is InChI=1S/C11H16O3S/c1-9-4-3-5-10(6-9)11(7-12)8-15(2,13)14/h3-6,11-12H,7-8H2,1-2H3. The second kappa shape index (κ2) is 4.77. The number of sulfone groups is 1. The van der Waals surface area contributed by atoms with Crippen molar-refractivity contribution in [3.05, 3.63) is 35.4 Å². The molecular weight excluding hydrogens is 212 g/mol. The molecule has 0 amide bonds. The summed E-state index contributed by atoms with van der Waals surface area (Å²) in [4.78, 5) is 0. The average Bonchev–Trinajstić information content (AvgIpc) is 2.13. The molecule has 1 N–H and O–H groups in total. The average molecular weight is 228 g/mol. The maximum atomic E-state index is 11.1. The van der Waals surface area contributed by atoms with Gasteiger partial charge in [0.05, 0.1) is 12.4 Å². The van der Waals surface area contributed by atoms with Crippen LogP contribution in [0.3, 0.4) is 0 Å². The van der Waals surface area contributed by atoms with Crippen LogP contribution in [0.15, 0.2) is 24.3 Å². The van der Waals surface area contributed by atoms with Crippen LogP contribution in [-0.4, -0.2) is 32.1 Å². The van der Waals surface area contributed by atoms with E-state index in [1.807, 2.05) is 31.2 Å². The number of benzene rings is 1. The summed E-state index contributed by atoms with van der Waals surface area (Å²) in [6.45, 7) is 1.80. The molecular formula is C11H16O3S. The molecule has 0 aliphatic rings. The smallest absolute Gasteiger partial charge is 0.148 e. The zero-order valence-corrected chi connectivity index (χ0v) is 9.79. The van der Waals surface area contributed by atoms with Gasteiger partial charge in [0.2, 0.25) is 0 Å². The van der Waals surface area contributed by atoms with Crippen LogP contribution in [0.2, 0.25) is 0 Å². The predicted molar refractivity (Wildman–Crippen MR) is 60.7 cm³/mol. The summed E-state index contributed by atoms with van der Waals surface area (Å²) in [5, 5.41) is 9.17. The first kappa shape index (κ1) is 12.2. The van der Waals surface area contributed by atoms with Crippen molar-refractivity contribution in [3.63, 3.8) is 0 Å². The third kappa shape index (κ3) is 4.01. The Kier molecular flexibility index (Phi) is 3.88. The van der Waals surface area contributed by atoms with Crippen LogP contribution < -0.4 is 0 Å². The summed E-state index contributed by atoms with van der Waals surface area (Å²) < 4.78 is 22.3. The molecule has 0 fully saturated rings. The molecule has 84 valence electrons. The fraction of sp³-hybridized carbons (Fsp3) is 0.455. The molecule has 0 aliphatic heterocycles. The summed E-state index contributed by atoms with van der Waals surface area (Å²) in [6.07, 6.45) is 1.19. The molecule has 15 heavy (non-hydrogen) atoms. The van der Waals surface area contributed by atoms with E-state index in [1.165, 1.54) is 6.26 Å². The molecule has 0 saturated carbocycles. The Morgan fingerprint density at radius 3 is 2.53 bits per heavy atom. The normalized spacial score (nSPS) is 13.8. The van der Waals surface area contributed by atoms with Gasteiger partial charge in [0.1, 0.15) is 9.84 Å². The molecule has 4 heteroatoms. The van der Waals surface area contributed by atoms with Crippen LogP contribution in [0.4, 0.5) is 0 Å². The Morgan fingerprint density at radius 2 is 2.07 bits per heavy atom. The van der Waals surface area contributed by atoms with Crippen LogP contribution in [0.25, 0.3) is 0 Å². The largest absolute Gasteiger partial charge is 0.396 e. The summed E-state index contributed by atoms with van der Waals surface area (Å²) in [6, 6.07) is 7.57. The van der Waals surface area contributed by atoms with Gasteiger partial charge in [-0.1, -0.05) is 29.8 Å². The van der Waals surface area contributed by atoms with E-state index in [0.717, 1.165) is 11.1 Å². The highest BCUT2D eigenvalue weighted by molar-refractivity contribution is 7.90. The van der Waals surface area contributed by atoms with E-state index < -0.39 is 9.84 Å². The van der Waals surface area contributed by atoms with Crippen LogP contribution in [0.1, 0.15) is 17.0 Å². The lowest BCUT2D eigenvalue weighted by Gasteiger charge is -2.13. The highest BCUT2D eigenvalue weighted by atomic mass is 32.2. The molecule has 0 bridgehead atoms. The van der Waals surface area contributed by atoms with Crippen LogP contribution in [0, 0.1) is 6.92 Å². The Hall–Kier alpha value is -0.870. The van der Waals surface area contributed by atoms with E-state index in [-0.39, 0.29) is 18.3 Å². The van der Waals surface area contributed by atoms with Crippen LogP contribution in [0.5, 0.6) is 0 Å². The van der Waals surface area contributed by atoms with Crippen molar-refractivity contribution in [2.75, 3.05) is 18.6 Å². The second-order valence-corrected chi connectivity index (χ2v) is 6.07. The van der Waals surface area contributed by atoms with E-state index in [4.69, 9.17) is 5.11 Å². The minimum absolute atomic E-state index is 0.00699. The third-order valence-electron chi connectivity index (χ3n) is 2.24. The fourth-order valence-corrected chi connectivity index (χ4v) is 2.57. The molecule has 0 aromatic heterocycles. The van der Waals surface area contributed by atoms with Crippen molar-refractivity contribution in [1.29, 1.82) is 0 Å². The van der Waals surface area contributed by atoms with Gasteiger partial charge in [-0.05, 0) is 12.5 Å². The summed E-state index contributed by atoms with van der Waals surface area (Å²) >= 11 is 0. The minimum Gasteiger partial charge on any atom is -0.396 e. The lowest BCUT2D eigenvalue weighted by Crippen LogP contribution is -2.16. The van der Waals surface area contributed by atoms with E-state index in [1.54, 1.807) is 0 Å². The Bertz CT molecular complexity index is 423. The molecule has 1 rings (SSSR count). The topological polar surface area (TPSA) is 54.4 Å². The molecule has 0 saturated heterocycles. The molecule has 1 aromatic rings. The van der Waals surface area contributed by atoms with E-state index in [0.29, 0.717) is 0 Å². The van der Waals surface area contributed by atoms with Crippen LogP contribution in [-0.2, 0) is 9.84 Å². The lowest BCUT2D eigenvalue weighted by molar-refractivity contribution is 0.273. The Balaban J connectivity index is 2.93. The first-order valence-corrected chi connectivity index (χ1v) is 6.83. The SMILES string of the molecule is Cc1cccc(C(CO)CS(C)(=O)=O)c1. The Morgan fingerprint density at radius 1 is 1.40 bits per heavy atom. The monoisotopic (exact) mass is 228 g/mol. The summed E-state index contributed by atoms with van der Waals surface area (Å²) in [7, 11) is -3.06. The number of rotatable bonds is 4. The molecule has 0 radical (unpaired) electrons. The number of aryl methyl sites for hydroxylation is 1. The predicted octanol–water partition coefficient (Wildman–Crippen LogP) is 1.12. The highest BCUT2D eigenvalue weighted by Crippen LogP contribution is 2.18.